The van der Waals surface area contributed by atoms with Gasteiger partial charge in [0.2, 0.25) is 0 Å². The van der Waals surface area contributed by atoms with Crippen LogP contribution in [-0.4, -0.2) is 18.8 Å². The lowest BCUT2D eigenvalue weighted by Crippen LogP contribution is -2.13. The molecule has 2 aromatic carbocycles. The highest BCUT2D eigenvalue weighted by Gasteiger charge is 2.11. The minimum absolute atomic E-state index is 0.247. The zero-order valence-corrected chi connectivity index (χ0v) is 11.3. The van der Waals surface area contributed by atoms with E-state index >= 15 is 0 Å². The summed E-state index contributed by atoms with van der Waals surface area (Å²) in [6.45, 7) is 0.781. The number of halogens is 1. The molecule has 0 aromatic heterocycles. The van der Waals surface area contributed by atoms with Gasteiger partial charge in [-0.25, -0.2) is 4.39 Å². The van der Waals surface area contributed by atoms with E-state index in [2.05, 4.69) is 5.32 Å². The summed E-state index contributed by atoms with van der Waals surface area (Å²) < 4.78 is 18.6. The molecule has 0 saturated heterocycles. The smallest absolute Gasteiger partial charge is 0.129 e. The average molecular weight is 275 g/mol. The summed E-state index contributed by atoms with van der Waals surface area (Å²) >= 11 is 0. The van der Waals surface area contributed by atoms with Gasteiger partial charge in [-0.1, -0.05) is 30.3 Å². The lowest BCUT2D eigenvalue weighted by molar-refractivity contribution is 0.184. The summed E-state index contributed by atoms with van der Waals surface area (Å²) in [7, 11) is 1.64. The summed E-state index contributed by atoms with van der Waals surface area (Å²) in [5.74, 6) is -0.394. The largest absolute Gasteiger partial charge is 0.386 e. The van der Waals surface area contributed by atoms with Crippen LogP contribution in [0.3, 0.4) is 0 Å². The van der Waals surface area contributed by atoms with E-state index in [1.807, 2.05) is 24.3 Å². The second-order valence-corrected chi connectivity index (χ2v) is 4.55. The zero-order chi connectivity index (χ0) is 14.4. The molecule has 3 nitrogen and oxygen atoms in total. The number of aliphatic hydroxyl groups is 1. The van der Waals surface area contributed by atoms with E-state index in [-0.39, 0.29) is 6.54 Å². The molecule has 2 N–H and O–H groups in total. The van der Waals surface area contributed by atoms with Crippen molar-refractivity contribution in [1.82, 2.24) is 0 Å². The van der Waals surface area contributed by atoms with E-state index in [0.717, 1.165) is 11.3 Å². The van der Waals surface area contributed by atoms with Crippen molar-refractivity contribution in [2.75, 3.05) is 19.0 Å². The highest BCUT2D eigenvalue weighted by atomic mass is 19.1. The lowest BCUT2D eigenvalue weighted by atomic mass is 10.1. The molecule has 0 radical (unpaired) electrons. The molecule has 0 spiro atoms. The number of anilines is 1. The maximum atomic E-state index is 13.5. The van der Waals surface area contributed by atoms with Crippen molar-refractivity contribution < 1.29 is 14.2 Å². The Balaban J connectivity index is 1.98. The maximum absolute atomic E-state index is 13.5. The molecular weight excluding hydrogens is 257 g/mol. The highest BCUT2D eigenvalue weighted by Crippen LogP contribution is 2.18. The average Bonchev–Trinajstić information content (AvgIpc) is 2.46. The standard InChI is InChI=1S/C16H18FNO2/c1-20-11-12-5-4-6-13(9-12)18-10-16(19)14-7-2-3-8-15(14)17/h2-9,16,18-19H,10-11H2,1H3. The van der Waals surface area contributed by atoms with Crippen molar-refractivity contribution in [2.24, 2.45) is 0 Å². The molecule has 1 atom stereocenters. The van der Waals surface area contributed by atoms with Crippen LogP contribution in [0.25, 0.3) is 0 Å². The normalized spacial score (nSPS) is 12.2. The summed E-state index contributed by atoms with van der Waals surface area (Å²) in [6, 6.07) is 14.0. The maximum Gasteiger partial charge on any atom is 0.129 e. The van der Waals surface area contributed by atoms with E-state index in [0.29, 0.717) is 12.2 Å². The minimum Gasteiger partial charge on any atom is -0.386 e. The Labute approximate surface area is 118 Å². The van der Waals surface area contributed by atoms with E-state index in [9.17, 15) is 9.50 Å². The molecule has 4 heteroatoms. The predicted molar refractivity (Wildman–Crippen MR) is 77.0 cm³/mol. The lowest BCUT2D eigenvalue weighted by Gasteiger charge is -2.14. The van der Waals surface area contributed by atoms with Crippen LogP contribution in [-0.2, 0) is 11.3 Å². The molecular formula is C16H18FNO2. The Bertz CT molecular complexity index is 560. The number of benzene rings is 2. The van der Waals surface area contributed by atoms with Crippen LogP contribution in [0.15, 0.2) is 48.5 Å². The Hall–Kier alpha value is -1.91. The molecule has 0 saturated carbocycles. The summed E-state index contributed by atoms with van der Waals surface area (Å²) in [4.78, 5) is 0. The van der Waals surface area contributed by atoms with Crippen molar-refractivity contribution >= 4 is 5.69 Å². The van der Waals surface area contributed by atoms with Gasteiger partial charge in [0.05, 0.1) is 12.7 Å². The zero-order valence-electron chi connectivity index (χ0n) is 11.3. The Morgan fingerprint density at radius 1 is 1.20 bits per heavy atom. The molecule has 0 aliphatic carbocycles. The predicted octanol–water partition coefficient (Wildman–Crippen LogP) is 3.12. The Morgan fingerprint density at radius 2 is 2.00 bits per heavy atom. The number of hydrogen-bond donors (Lipinski definition) is 2. The molecule has 0 amide bonds. The first-order valence-corrected chi connectivity index (χ1v) is 6.45. The Kier molecular flexibility index (Phi) is 5.09. The van der Waals surface area contributed by atoms with Crippen molar-refractivity contribution in [2.45, 2.75) is 12.7 Å². The van der Waals surface area contributed by atoms with E-state index in [1.54, 1.807) is 25.3 Å². The van der Waals surface area contributed by atoms with Crippen molar-refractivity contribution in [1.29, 1.82) is 0 Å². The van der Waals surface area contributed by atoms with Gasteiger partial charge in [-0.05, 0) is 23.8 Å². The number of ether oxygens (including phenoxy) is 1. The molecule has 0 fully saturated rings. The monoisotopic (exact) mass is 275 g/mol. The van der Waals surface area contributed by atoms with Crippen LogP contribution in [0.2, 0.25) is 0 Å². The fourth-order valence-electron chi connectivity index (χ4n) is 2.01. The molecule has 1 unspecified atom stereocenters. The number of nitrogens with one attached hydrogen (secondary N) is 1. The van der Waals surface area contributed by atoms with E-state index in [4.69, 9.17) is 4.74 Å². The molecule has 2 rings (SSSR count). The van der Waals surface area contributed by atoms with E-state index < -0.39 is 11.9 Å². The molecule has 20 heavy (non-hydrogen) atoms. The van der Waals surface area contributed by atoms with Crippen molar-refractivity contribution in [3.63, 3.8) is 0 Å². The van der Waals surface area contributed by atoms with Gasteiger partial charge in [-0.2, -0.15) is 0 Å². The molecule has 0 aliphatic heterocycles. The fraction of sp³-hybridized carbons (Fsp3) is 0.250. The van der Waals surface area contributed by atoms with Crippen LogP contribution >= 0.6 is 0 Å². The van der Waals surface area contributed by atoms with Crippen LogP contribution in [0, 0.1) is 5.82 Å². The quantitative estimate of drug-likeness (QED) is 0.851. The summed E-state index contributed by atoms with van der Waals surface area (Å²) in [6.07, 6.45) is -0.887. The summed E-state index contributed by atoms with van der Waals surface area (Å²) in [5, 5.41) is 13.1. The van der Waals surface area contributed by atoms with Gasteiger partial charge >= 0.3 is 0 Å². The number of rotatable bonds is 6. The van der Waals surface area contributed by atoms with E-state index in [1.165, 1.54) is 6.07 Å². The first-order chi connectivity index (χ1) is 9.70. The number of aliphatic hydroxyl groups excluding tert-OH is 1. The van der Waals surface area contributed by atoms with Gasteiger partial charge in [0.25, 0.3) is 0 Å². The molecule has 0 aliphatic rings. The first kappa shape index (κ1) is 14.5. The number of hydrogen-bond acceptors (Lipinski definition) is 3. The second-order valence-electron chi connectivity index (χ2n) is 4.55. The number of methoxy groups -OCH3 is 1. The highest BCUT2D eigenvalue weighted by molar-refractivity contribution is 5.46. The van der Waals surface area contributed by atoms with Crippen LogP contribution in [0.4, 0.5) is 10.1 Å². The van der Waals surface area contributed by atoms with Gasteiger partial charge in [-0.15, -0.1) is 0 Å². The SMILES string of the molecule is COCc1cccc(NCC(O)c2ccccc2F)c1. The summed E-state index contributed by atoms with van der Waals surface area (Å²) in [5.41, 5.74) is 2.21. The third-order valence-corrected chi connectivity index (χ3v) is 3.00. The first-order valence-electron chi connectivity index (χ1n) is 6.45. The van der Waals surface area contributed by atoms with Crippen molar-refractivity contribution in [3.05, 3.63) is 65.5 Å². The van der Waals surface area contributed by atoms with Gasteiger partial charge in [0, 0.05) is 24.9 Å². The molecule has 0 heterocycles. The van der Waals surface area contributed by atoms with Crippen LogP contribution in [0.1, 0.15) is 17.2 Å². The topological polar surface area (TPSA) is 41.5 Å². The van der Waals surface area contributed by atoms with Crippen LogP contribution < -0.4 is 5.32 Å². The third-order valence-electron chi connectivity index (χ3n) is 3.00. The van der Waals surface area contributed by atoms with Gasteiger partial charge in [-0.3, -0.25) is 0 Å². The van der Waals surface area contributed by atoms with Gasteiger partial charge < -0.3 is 15.2 Å². The van der Waals surface area contributed by atoms with Gasteiger partial charge in [0.1, 0.15) is 5.82 Å². The van der Waals surface area contributed by atoms with Crippen molar-refractivity contribution in [3.8, 4) is 0 Å². The minimum atomic E-state index is -0.887. The molecule has 106 valence electrons. The molecule has 2 aromatic rings. The Morgan fingerprint density at radius 3 is 2.75 bits per heavy atom. The second kappa shape index (κ2) is 7.03. The fourth-order valence-corrected chi connectivity index (χ4v) is 2.01. The third kappa shape index (κ3) is 3.79. The van der Waals surface area contributed by atoms with Gasteiger partial charge in [0.15, 0.2) is 0 Å². The molecule has 0 bridgehead atoms. The van der Waals surface area contributed by atoms with Crippen LogP contribution in [0.5, 0.6) is 0 Å².